The van der Waals surface area contributed by atoms with Crippen molar-refractivity contribution in [2.45, 2.75) is 31.7 Å². The zero-order valence-corrected chi connectivity index (χ0v) is 15.4. The Morgan fingerprint density at radius 2 is 1.80 bits per heavy atom. The molecule has 0 fully saturated rings. The van der Waals surface area contributed by atoms with Crippen molar-refractivity contribution in [2.75, 3.05) is 18.4 Å². The van der Waals surface area contributed by atoms with Gasteiger partial charge >= 0.3 is 0 Å². The Morgan fingerprint density at radius 3 is 2.28 bits per heavy atom. The molecule has 2 aromatic rings. The van der Waals surface area contributed by atoms with Gasteiger partial charge in [-0.2, -0.15) is 9.57 Å². The smallest absolute Gasteiger partial charge is 0.243 e. The number of benzene rings is 1. The third kappa shape index (κ3) is 4.35. The Hall–Kier alpha value is -2.43. The van der Waals surface area contributed by atoms with Crippen LogP contribution in [0.4, 0.5) is 5.82 Å². The molecular weight excluding hydrogens is 336 g/mol. The molecule has 132 valence electrons. The molecule has 1 aromatic carbocycles. The Bertz CT molecular complexity index is 836. The fourth-order valence-corrected chi connectivity index (χ4v) is 3.95. The van der Waals surface area contributed by atoms with Crippen LogP contribution in [0, 0.1) is 11.3 Å². The number of hydrogen-bond donors (Lipinski definition) is 1. The number of sulfonamides is 1. The minimum absolute atomic E-state index is 0.0503. The van der Waals surface area contributed by atoms with Gasteiger partial charge in [0, 0.05) is 25.3 Å². The van der Waals surface area contributed by atoms with Crippen molar-refractivity contribution in [3.8, 4) is 6.07 Å². The van der Waals surface area contributed by atoms with E-state index in [0.717, 1.165) is 5.56 Å². The fourth-order valence-electron chi connectivity index (χ4n) is 2.49. The quantitative estimate of drug-likeness (QED) is 0.821. The molecule has 1 unspecified atom stereocenters. The average Bonchev–Trinajstić information content (AvgIpc) is 2.63. The van der Waals surface area contributed by atoms with Gasteiger partial charge in [-0.3, -0.25) is 0 Å². The maximum atomic E-state index is 12.5. The molecule has 25 heavy (non-hydrogen) atoms. The van der Waals surface area contributed by atoms with E-state index in [2.05, 4.69) is 10.3 Å². The lowest BCUT2D eigenvalue weighted by Crippen LogP contribution is -2.30. The van der Waals surface area contributed by atoms with Crippen LogP contribution in [-0.2, 0) is 10.0 Å². The maximum absolute atomic E-state index is 12.5. The first-order valence-corrected chi connectivity index (χ1v) is 9.59. The highest BCUT2D eigenvalue weighted by Gasteiger charge is 2.21. The number of rotatable bonds is 7. The Balaban J connectivity index is 2.14. The van der Waals surface area contributed by atoms with Crippen LogP contribution in [-0.4, -0.2) is 30.8 Å². The van der Waals surface area contributed by atoms with Crippen molar-refractivity contribution in [2.24, 2.45) is 0 Å². The van der Waals surface area contributed by atoms with Crippen LogP contribution in [0.1, 0.15) is 37.9 Å². The summed E-state index contributed by atoms with van der Waals surface area (Å²) in [5.74, 6) is 0.659. The van der Waals surface area contributed by atoms with Crippen molar-refractivity contribution >= 4 is 15.8 Å². The molecule has 2 rings (SSSR count). The molecule has 1 N–H and O–H groups in total. The topological polar surface area (TPSA) is 86.1 Å². The minimum atomic E-state index is -3.44. The normalized spacial score (nSPS) is 12.6. The lowest BCUT2D eigenvalue weighted by atomic mass is 10.1. The Kier molecular flexibility index (Phi) is 6.12. The van der Waals surface area contributed by atoms with Crippen LogP contribution < -0.4 is 5.32 Å². The molecule has 7 heteroatoms. The molecule has 0 aliphatic rings. The Labute approximate surface area is 149 Å². The van der Waals surface area contributed by atoms with Crippen LogP contribution in [0.5, 0.6) is 0 Å². The van der Waals surface area contributed by atoms with Gasteiger partial charge in [-0.15, -0.1) is 0 Å². The summed E-state index contributed by atoms with van der Waals surface area (Å²) in [6.07, 6.45) is 1.51. The minimum Gasteiger partial charge on any atom is -0.364 e. The molecule has 1 aromatic heterocycles. The summed E-state index contributed by atoms with van der Waals surface area (Å²) in [4.78, 5) is 4.48. The van der Waals surface area contributed by atoms with E-state index in [-0.39, 0.29) is 6.04 Å². The fraction of sp³-hybridized carbons (Fsp3) is 0.333. The zero-order chi connectivity index (χ0) is 18.4. The summed E-state index contributed by atoms with van der Waals surface area (Å²) in [7, 11) is -3.44. The van der Waals surface area contributed by atoms with Crippen LogP contribution in [0.3, 0.4) is 0 Å². The van der Waals surface area contributed by atoms with Crippen LogP contribution >= 0.6 is 0 Å². The number of pyridine rings is 1. The first kappa shape index (κ1) is 18.9. The first-order valence-electron chi connectivity index (χ1n) is 8.15. The van der Waals surface area contributed by atoms with Crippen molar-refractivity contribution in [1.82, 2.24) is 9.29 Å². The van der Waals surface area contributed by atoms with Crippen LogP contribution in [0.2, 0.25) is 0 Å². The van der Waals surface area contributed by atoms with Crippen molar-refractivity contribution in [3.05, 3.63) is 53.7 Å². The second-order valence-corrected chi connectivity index (χ2v) is 7.51. The second kappa shape index (κ2) is 8.10. The van der Waals surface area contributed by atoms with E-state index >= 15 is 0 Å². The van der Waals surface area contributed by atoms with Gasteiger partial charge < -0.3 is 5.32 Å². The zero-order valence-electron chi connectivity index (χ0n) is 14.6. The number of hydrogen-bond acceptors (Lipinski definition) is 5. The molecule has 6 nitrogen and oxygen atoms in total. The SMILES string of the molecule is CCN(CC)S(=O)(=O)c1ccc(C(C)Nc2ccc(C#N)cn2)cc1. The first-order chi connectivity index (χ1) is 11.9. The van der Waals surface area contributed by atoms with Crippen molar-refractivity contribution in [1.29, 1.82) is 5.26 Å². The summed E-state index contributed by atoms with van der Waals surface area (Å²) < 4.78 is 26.4. The second-order valence-electron chi connectivity index (χ2n) is 5.57. The van der Waals surface area contributed by atoms with Gasteiger partial charge in [0.05, 0.1) is 10.5 Å². The lowest BCUT2D eigenvalue weighted by molar-refractivity contribution is 0.445. The van der Waals surface area contributed by atoms with E-state index in [1.165, 1.54) is 10.5 Å². The van der Waals surface area contributed by atoms with Crippen molar-refractivity contribution < 1.29 is 8.42 Å². The highest BCUT2D eigenvalue weighted by Crippen LogP contribution is 2.21. The maximum Gasteiger partial charge on any atom is 0.243 e. The largest absolute Gasteiger partial charge is 0.364 e. The van der Waals surface area contributed by atoms with Gasteiger partial charge in [-0.05, 0) is 36.8 Å². The number of nitrogens with one attached hydrogen (secondary N) is 1. The molecule has 0 radical (unpaired) electrons. The summed E-state index contributed by atoms with van der Waals surface area (Å²) in [5.41, 5.74) is 1.45. The molecule has 0 aliphatic heterocycles. The molecule has 1 heterocycles. The standard InChI is InChI=1S/C18H22N4O2S/c1-4-22(5-2)25(23,24)17-9-7-16(8-10-17)14(3)21-18-11-6-15(12-19)13-20-18/h6-11,13-14H,4-5H2,1-3H3,(H,20,21). The van der Waals surface area contributed by atoms with Gasteiger partial charge in [0.1, 0.15) is 11.9 Å². The summed E-state index contributed by atoms with van der Waals surface area (Å²) in [5, 5.41) is 12.0. The van der Waals surface area contributed by atoms with Gasteiger partial charge in [0.2, 0.25) is 10.0 Å². The number of anilines is 1. The van der Waals surface area contributed by atoms with E-state index in [9.17, 15) is 8.42 Å². The number of nitrogens with zero attached hydrogens (tertiary/aromatic N) is 3. The highest BCUT2D eigenvalue weighted by atomic mass is 32.2. The van der Waals surface area contributed by atoms with Crippen molar-refractivity contribution in [3.63, 3.8) is 0 Å². The van der Waals surface area contributed by atoms with Gasteiger partial charge in [0.25, 0.3) is 0 Å². The third-order valence-corrected chi connectivity index (χ3v) is 6.04. The van der Waals surface area contributed by atoms with E-state index in [1.807, 2.05) is 26.8 Å². The van der Waals surface area contributed by atoms with E-state index in [4.69, 9.17) is 5.26 Å². The summed E-state index contributed by atoms with van der Waals surface area (Å²) in [6.45, 7) is 6.51. The monoisotopic (exact) mass is 358 g/mol. The van der Waals surface area contributed by atoms with E-state index in [1.54, 1.807) is 36.4 Å². The van der Waals surface area contributed by atoms with E-state index < -0.39 is 10.0 Å². The average molecular weight is 358 g/mol. The van der Waals surface area contributed by atoms with Crippen LogP contribution in [0.15, 0.2) is 47.5 Å². The third-order valence-electron chi connectivity index (χ3n) is 3.98. The van der Waals surface area contributed by atoms with E-state index in [0.29, 0.717) is 29.4 Å². The Morgan fingerprint density at radius 1 is 1.16 bits per heavy atom. The number of nitriles is 1. The molecule has 1 atom stereocenters. The number of aromatic nitrogens is 1. The molecule has 0 aliphatic carbocycles. The lowest BCUT2D eigenvalue weighted by Gasteiger charge is -2.19. The molecule has 0 saturated heterocycles. The summed E-state index contributed by atoms with van der Waals surface area (Å²) >= 11 is 0. The molecule has 0 spiro atoms. The van der Waals surface area contributed by atoms with Gasteiger partial charge in [-0.25, -0.2) is 13.4 Å². The molecule has 0 amide bonds. The summed E-state index contributed by atoms with van der Waals surface area (Å²) in [6, 6.07) is 12.3. The highest BCUT2D eigenvalue weighted by molar-refractivity contribution is 7.89. The van der Waals surface area contributed by atoms with Gasteiger partial charge in [0.15, 0.2) is 0 Å². The molecular formula is C18H22N4O2S. The molecule has 0 bridgehead atoms. The predicted molar refractivity (Wildman–Crippen MR) is 97.5 cm³/mol. The predicted octanol–water partition coefficient (Wildman–Crippen LogP) is 3.16. The van der Waals surface area contributed by atoms with Crippen LogP contribution in [0.25, 0.3) is 0 Å². The van der Waals surface area contributed by atoms with Gasteiger partial charge in [-0.1, -0.05) is 26.0 Å². The molecule has 0 saturated carbocycles.